The van der Waals surface area contributed by atoms with Crippen molar-refractivity contribution in [3.8, 4) is 11.6 Å². The van der Waals surface area contributed by atoms with E-state index < -0.39 is 11.9 Å². The molecule has 1 aromatic carbocycles. The van der Waals surface area contributed by atoms with Crippen LogP contribution in [0.4, 0.5) is 10.1 Å². The number of hydrogen-bond acceptors (Lipinski definition) is 5. The second kappa shape index (κ2) is 7.70. The molecule has 1 aliphatic heterocycles. The number of rotatable bonds is 7. The second-order valence-corrected chi connectivity index (χ2v) is 8.17. The van der Waals surface area contributed by atoms with E-state index in [0.29, 0.717) is 60.9 Å². The van der Waals surface area contributed by atoms with Crippen LogP contribution in [-0.2, 0) is 11.2 Å². The van der Waals surface area contributed by atoms with Gasteiger partial charge in [0.25, 0.3) is 5.91 Å². The van der Waals surface area contributed by atoms with Crippen molar-refractivity contribution >= 4 is 17.4 Å². The van der Waals surface area contributed by atoms with E-state index in [2.05, 4.69) is 4.98 Å². The van der Waals surface area contributed by atoms with Gasteiger partial charge in [0.05, 0.1) is 12.8 Å². The Hall–Kier alpha value is -2.96. The average molecular weight is 410 g/mol. The molecule has 30 heavy (non-hydrogen) atoms. The number of carbonyl (C=O) groups is 2. The molecule has 6 nitrogen and oxygen atoms in total. The van der Waals surface area contributed by atoms with Crippen LogP contribution in [0, 0.1) is 11.7 Å². The summed E-state index contributed by atoms with van der Waals surface area (Å²) in [4.78, 5) is 30.5. The maximum Gasteiger partial charge on any atom is 0.268 e. The highest BCUT2D eigenvalue weighted by molar-refractivity contribution is 6.04. The Kier molecular flexibility index (Phi) is 4.89. The van der Waals surface area contributed by atoms with Gasteiger partial charge in [-0.15, -0.1) is 0 Å². The number of halogens is 1. The molecule has 0 bridgehead atoms. The number of Topliss-reactive ketones (excluding diaryl/α,β-unsaturated/α-hetero) is 1. The summed E-state index contributed by atoms with van der Waals surface area (Å²) in [5, 5.41) is 0. The van der Waals surface area contributed by atoms with Gasteiger partial charge in [0, 0.05) is 36.7 Å². The third-order valence-electron chi connectivity index (χ3n) is 6.01. The van der Waals surface area contributed by atoms with Crippen LogP contribution in [0.15, 0.2) is 30.5 Å². The normalized spacial score (nSPS) is 20.6. The molecule has 2 aromatic rings. The van der Waals surface area contributed by atoms with Crippen LogP contribution in [0.25, 0.3) is 0 Å². The van der Waals surface area contributed by atoms with Crippen LogP contribution in [0.3, 0.4) is 0 Å². The first-order chi connectivity index (χ1) is 14.6. The fourth-order valence-corrected chi connectivity index (χ4v) is 4.10. The topological polar surface area (TPSA) is 68.7 Å². The van der Waals surface area contributed by atoms with Crippen LogP contribution in [0.5, 0.6) is 11.6 Å². The van der Waals surface area contributed by atoms with Crippen molar-refractivity contribution in [1.82, 2.24) is 4.98 Å². The minimum absolute atomic E-state index is 0.0734. The lowest BCUT2D eigenvalue weighted by atomic mass is 10.1. The van der Waals surface area contributed by atoms with Crippen molar-refractivity contribution in [3.63, 3.8) is 0 Å². The zero-order chi connectivity index (χ0) is 20.7. The van der Waals surface area contributed by atoms with Gasteiger partial charge in [-0.2, -0.15) is 0 Å². The van der Waals surface area contributed by atoms with Crippen LogP contribution in [-0.4, -0.2) is 35.9 Å². The zero-order valence-electron chi connectivity index (χ0n) is 16.6. The van der Waals surface area contributed by atoms with Crippen LogP contribution in [0.1, 0.15) is 48.0 Å². The van der Waals surface area contributed by atoms with Crippen LogP contribution in [0.2, 0.25) is 0 Å². The first-order valence-corrected chi connectivity index (χ1v) is 10.5. The highest BCUT2D eigenvalue weighted by atomic mass is 19.1. The summed E-state index contributed by atoms with van der Waals surface area (Å²) in [6, 6.07) is 6.44. The molecule has 156 valence electrons. The summed E-state index contributed by atoms with van der Waals surface area (Å²) < 4.78 is 25.8. The summed E-state index contributed by atoms with van der Waals surface area (Å²) in [5.74, 6) is 1.09. The predicted molar refractivity (Wildman–Crippen MR) is 108 cm³/mol. The molecule has 5 rings (SSSR count). The van der Waals surface area contributed by atoms with E-state index in [9.17, 15) is 14.0 Å². The Labute approximate surface area is 174 Å². The van der Waals surface area contributed by atoms with Crippen LogP contribution >= 0.6 is 0 Å². The molecule has 2 fully saturated rings. The Morgan fingerprint density at radius 1 is 1.13 bits per heavy atom. The molecular weight excluding hydrogens is 387 g/mol. The lowest BCUT2D eigenvalue weighted by Gasteiger charge is -2.18. The molecule has 1 amide bonds. The second-order valence-electron chi connectivity index (χ2n) is 8.17. The van der Waals surface area contributed by atoms with Crippen molar-refractivity contribution in [1.29, 1.82) is 0 Å². The molecule has 0 radical (unpaired) electrons. The van der Waals surface area contributed by atoms with E-state index in [1.165, 1.54) is 23.8 Å². The zero-order valence-corrected chi connectivity index (χ0v) is 16.6. The van der Waals surface area contributed by atoms with Crippen molar-refractivity contribution < 1.29 is 23.5 Å². The number of hydrogen-bond donors (Lipinski definition) is 0. The highest BCUT2D eigenvalue weighted by Gasteiger charge is 2.36. The van der Waals surface area contributed by atoms with E-state index in [4.69, 9.17) is 9.47 Å². The highest BCUT2D eigenvalue weighted by Crippen LogP contribution is 2.33. The van der Waals surface area contributed by atoms with Gasteiger partial charge in [-0.05, 0) is 42.5 Å². The van der Waals surface area contributed by atoms with Gasteiger partial charge in [0.15, 0.2) is 11.9 Å². The third-order valence-corrected chi connectivity index (χ3v) is 6.01. The number of ketones is 1. The molecule has 1 saturated carbocycles. The number of benzene rings is 1. The van der Waals surface area contributed by atoms with E-state index in [0.717, 1.165) is 12.3 Å². The Morgan fingerprint density at radius 2 is 2.00 bits per heavy atom. The molecule has 2 aliphatic carbocycles. The number of ether oxygens (including phenoxy) is 2. The van der Waals surface area contributed by atoms with Gasteiger partial charge in [-0.1, -0.05) is 12.8 Å². The maximum atomic E-state index is 14.4. The molecule has 0 N–H and O–H groups in total. The maximum absolute atomic E-state index is 14.4. The molecule has 1 aromatic heterocycles. The Morgan fingerprint density at radius 3 is 2.77 bits per heavy atom. The minimum Gasteiger partial charge on any atom is -0.479 e. The molecular formula is C23H23FN2O4. The quantitative estimate of drug-likeness (QED) is 0.696. The standard InChI is InChI=1S/C23H23FN2O4/c24-19-12-15(11-18-17(19)4-5-20(18)27)26-9-7-21(23(26)28)30-16-3-6-22(25-13-16)29-10-8-14-1-2-14/h3,6,11-14,21H,1-2,4-5,7-10H2/t21-/m0/s1. The van der Waals surface area contributed by atoms with Gasteiger partial charge >= 0.3 is 0 Å². The fourth-order valence-electron chi connectivity index (χ4n) is 4.10. The Bertz CT molecular complexity index is 987. The molecule has 0 spiro atoms. The SMILES string of the molecule is O=C1CCc2c(F)cc(N3CC[C@H](Oc4ccc(OCCC5CC5)nc4)C3=O)cc21. The number of amides is 1. The smallest absolute Gasteiger partial charge is 0.268 e. The molecule has 1 atom stereocenters. The number of anilines is 1. The predicted octanol–water partition coefficient (Wildman–Crippen LogP) is 3.71. The van der Waals surface area contributed by atoms with E-state index >= 15 is 0 Å². The summed E-state index contributed by atoms with van der Waals surface area (Å²) in [5.41, 5.74) is 1.26. The van der Waals surface area contributed by atoms with Crippen molar-refractivity contribution in [2.24, 2.45) is 5.92 Å². The van der Waals surface area contributed by atoms with E-state index in [-0.39, 0.29) is 11.7 Å². The van der Waals surface area contributed by atoms with Crippen LogP contribution < -0.4 is 14.4 Å². The number of nitrogens with zero attached hydrogens (tertiary/aromatic N) is 2. The lowest BCUT2D eigenvalue weighted by molar-refractivity contribution is -0.122. The first-order valence-electron chi connectivity index (χ1n) is 10.5. The van der Waals surface area contributed by atoms with Crippen molar-refractivity contribution in [3.05, 3.63) is 47.4 Å². The number of pyridine rings is 1. The van der Waals surface area contributed by atoms with Gasteiger partial charge in [0.1, 0.15) is 11.6 Å². The number of fused-ring (bicyclic) bond motifs is 1. The summed E-state index contributed by atoms with van der Waals surface area (Å²) >= 11 is 0. The Balaban J connectivity index is 1.22. The minimum atomic E-state index is -0.666. The molecule has 1 saturated heterocycles. The summed E-state index contributed by atoms with van der Waals surface area (Å²) in [6.07, 6.45) is 5.76. The summed E-state index contributed by atoms with van der Waals surface area (Å²) in [7, 11) is 0. The van der Waals surface area contributed by atoms with Gasteiger partial charge < -0.3 is 14.4 Å². The lowest BCUT2D eigenvalue weighted by Crippen LogP contribution is -2.32. The summed E-state index contributed by atoms with van der Waals surface area (Å²) in [6.45, 7) is 1.07. The van der Waals surface area contributed by atoms with Crippen molar-refractivity contribution in [2.45, 2.75) is 44.6 Å². The third kappa shape index (κ3) is 3.76. The molecule has 2 heterocycles. The van der Waals surface area contributed by atoms with Gasteiger partial charge in [-0.25, -0.2) is 9.37 Å². The van der Waals surface area contributed by atoms with Gasteiger partial charge in [0.2, 0.25) is 5.88 Å². The number of carbonyl (C=O) groups excluding carboxylic acids is 2. The van der Waals surface area contributed by atoms with Crippen molar-refractivity contribution in [2.75, 3.05) is 18.1 Å². The van der Waals surface area contributed by atoms with E-state index in [1.807, 2.05) is 0 Å². The monoisotopic (exact) mass is 410 g/mol. The molecule has 0 unspecified atom stereocenters. The average Bonchev–Trinajstić information content (AvgIpc) is 3.39. The number of aromatic nitrogens is 1. The molecule has 7 heteroatoms. The molecule has 3 aliphatic rings. The fraction of sp³-hybridized carbons (Fsp3) is 0.435. The largest absolute Gasteiger partial charge is 0.479 e. The van der Waals surface area contributed by atoms with Gasteiger partial charge in [-0.3, -0.25) is 9.59 Å². The first kappa shape index (κ1) is 19.0. The van der Waals surface area contributed by atoms with E-state index in [1.54, 1.807) is 24.4 Å².